The van der Waals surface area contributed by atoms with Crippen molar-refractivity contribution >= 4 is 12.0 Å². The van der Waals surface area contributed by atoms with Gasteiger partial charge in [0.05, 0.1) is 35.7 Å². The van der Waals surface area contributed by atoms with Crippen molar-refractivity contribution in [3.63, 3.8) is 0 Å². The molecule has 0 bridgehead atoms. The largest absolute Gasteiger partial charge is 0.481 e. The Bertz CT molecular complexity index is 1190. The molecule has 35 heavy (non-hydrogen) atoms. The molecule has 0 saturated carbocycles. The third-order valence-corrected chi connectivity index (χ3v) is 6.29. The third-order valence-electron chi connectivity index (χ3n) is 6.29. The number of aromatic nitrogens is 2. The van der Waals surface area contributed by atoms with E-state index >= 15 is 0 Å². The van der Waals surface area contributed by atoms with Gasteiger partial charge in [0.2, 0.25) is 0 Å². The number of carbonyl (C=O) groups is 1. The van der Waals surface area contributed by atoms with Crippen molar-refractivity contribution in [3.8, 4) is 5.69 Å². The summed E-state index contributed by atoms with van der Waals surface area (Å²) in [5, 5.41) is 33.9. The van der Waals surface area contributed by atoms with E-state index in [1.807, 2.05) is 0 Å². The van der Waals surface area contributed by atoms with Crippen LogP contribution in [0.3, 0.4) is 0 Å². The van der Waals surface area contributed by atoms with E-state index in [0.717, 1.165) is 41.8 Å². The summed E-state index contributed by atoms with van der Waals surface area (Å²) in [4.78, 5) is 10.8. The van der Waals surface area contributed by atoms with Crippen molar-refractivity contribution in [3.05, 3.63) is 88.8 Å². The molecular weight excluding hydrogens is 454 g/mol. The SMILES string of the molecule is O=C(O)C[C@H](O)C[C@H](O)/C=C/c1c2c(nn1-c1ccc(F)cc1)C(Cc1ccc(F)cc1)CCC2. The maximum Gasteiger partial charge on any atom is 0.305 e. The molecule has 3 atom stereocenters. The third kappa shape index (κ3) is 6.21. The molecule has 0 amide bonds. The highest BCUT2D eigenvalue weighted by atomic mass is 19.1. The average molecular weight is 483 g/mol. The fourth-order valence-electron chi connectivity index (χ4n) is 4.63. The van der Waals surface area contributed by atoms with Crippen molar-refractivity contribution in [2.45, 2.75) is 56.7 Å². The molecule has 0 saturated heterocycles. The average Bonchev–Trinajstić information content (AvgIpc) is 3.18. The van der Waals surface area contributed by atoms with Gasteiger partial charge in [0, 0.05) is 17.9 Å². The van der Waals surface area contributed by atoms with Crippen molar-refractivity contribution in [2.24, 2.45) is 0 Å². The smallest absolute Gasteiger partial charge is 0.305 e. The first kappa shape index (κ1) is 24.8. The second kappa shape index (κ2) is 10.9. The Morgan fingerprint density at radius 2 is 1.74 bits per heavy atom. The fraction of sp³-hybridized carbons (Fsp3) is 0.333. The molecule has 3 N–H and O–H groups in total. The minimum absolute atomic E-state index is 0.108. The van der Waals surface area contributed by atoms with Crippen LogP contribution in [0.1, 0.15) is 54.1 Å². The van der Waals surface area contributed by atoms with Gasteiger partial charge in [-0.1, -0.05) is 18.2 Å². The van der Waals surface area contributed by atoms with E-state index in [4.69, 9.17) is 10.2 Å². The molecule has 1 heterocycles. The monoisotopic (exact) mass is 482 g/mol. The second-order valence-electron chi connectivity index (χ2n) is 8.97. The zero-order valence-electron chi connectivity index (χ0n) is 19.1. The van der Waals surface area contributed by atoms with Gasteiger partial charge < -0.3 is 15.3 Å². The highest BCUT2D eigenvalue weighted by Crippen LogP contribution is 2.37. The molecule has 6 nitrogen and oxygen atoms in total. The Kier molecular flexibility index (Phi) is 7.73. The maximum absolute atomic E-state index is 13.6. The molecule has 1 unspecified atom stereocenters. The normalized spacial score (nSPS) is 17.3. The van der Waals surface area contributed by atoms with Gasteiger partial charge in [0.1, 0.15) is 11.6 Å². The Labute approximate surface area is 202 Å². The summed E-state index contributed by atoms with van der Waals surface area (Å²) >= 11 is 0. The number of rotatable bonds is 9. The van der Waals surface area contributed by atoms with Gasteiger partial charge in [0.15, 0.2) is 0 Å². The van der Waals surface area contributed by atoms with Crippen LogP contribution in [0.2, 0.25) is 0 Å². The lowest BCUT2D eigenvalue weighted by Crippen LogP contribution is -2.19. The molecule has 8 heteroatoms. The predicted octanol–water partition coefficient (Wildman–Crippen LogP) is 4.41. The molecule has 0 spiro atoms. The van der Waals surface area contributed by atoms with Crippen molar-refractivity contribution in [2.75, 3.05) is 0 Å². The number of aliphatic hydroxyl groups is 2. The van der Waals surface area contributed by atoms with Crippen molar-refractivity contribution in [1.29, 1.82) is 0 Å². The quantitative estimate of drug-likeness (QED) is 0.420. The molecular formula is C27H28F2N2O4. The Hall–Kier alpha value is -3.36. The summed E-state index contributed by atoms with van der Waals surface area (Å²) in [6, 6.07) is 12.4. The Balaban J connectivity index is 1.66. The fourth-order valence-corrected chi connectivity index (χ4v) is 4.63. The summed E-state index contributed by atoms with van der Waals surface area (Å²) < 4.78 is 28.6. The van der Waals surface area contributed by atoms with E-state index in [2.05, 4.69) is 0 Å². The van der Waals surface area contributed by atoms with E-state index in [1.54, 1.807) is 35.0 Å². The molecule has 1 aromatic heterocycles. The molecule has 0 radical (unpaired) electrons. The maximum atomic E-state index is 13.6. The van der Waals surface area contributed by atoms with E-state index in [-0.39, 0.29) is 24.0 Å². The van der Waals surface area contributed by atoms with Crippen LogP contribution in [0.25, 0.3) is 11.8 Å². The summed E-state index contributed by atoms with van der Waals surface area (Å²) in [6.07, 6.45) is 3.85. The molecule has 0 aliphatic heterocycles. The summed E-state index contributed by atoms with van der Waals surface area (Å²) in [5.74, 6) is -1.65. The zero-order chi connectivity index (χ0) is 24.9. The topological polar surface area (TPSA) is 95.6 Å². The molecule has 1 aliphatic rings. The van der Waals surface area contributed by atoms with Crippen LogP contribution in [0.15, 0.2) is 54.6 Å². The minimum Gasteiger partial charge on any atom is -0.481 e. The van der Waals surface area contributed by atoms with E-state index in [1.165, 1.54) is 30.3 Å². The number of carboxylic acid groups (broad SMARTS) is 1. The number of carboxylic acids is 1. The van der Waals surface area contributed by atoms with Crippen LogP contribution < -0.4 is 0 Å². The number of aliphatic carboxylic acids is 1. The van der Waals surface area contributed by atoms with Crippen LogP contribution in [0.4, 0.5) is 8.78 Å². The standard InChI is InChI=1S/C27H28F2N2O4/c28-19-6-4-17(5-7-19)14-18-2-1-3-24-25(13-12-22(32)15-23(33)16-26(34)35)31(30-27(18)24)21-10-8-20(29)9-11-21/h4-13,18,22-23,32-33H,1-3,14-16H2,(H,34,35)/b13-12+/t18?,22-,23-/m1/s1. The lowest BCUT2D eigenvalue weighted by molar-refractivity contribution is -0.139. The first-order valence-corrected chi connectivity index (χ1v) is 11.7. The molecule has 2 aromatic carbocycles. The van der Waals surface area contributed by atoms with Gasteiger partial charge in [-0.25, -0.2) is 13.5 Å². The predicted molar refractivity (Wildman–Crippen MR) is 127 cm³/mol. The van der Waals surface area contributed by atoms with Crippen molar-refractivity contribution in [1.82, 2.24) is 9.78 Å². The van der Waals surface area contributed by atoms with Gasteiger partial charge >= 0.3 is 5.97 Å². The van der Waals surface area contributed by atoms with Crippen LogP contribution in [0.5, 0.6) is 0 Å². The molecule has 0 fully saturated rings. The summed E-state index contributed by atoms with van der Waals surface area (Å²) in [5.41, 5.74) is 4.39. The number of halogens is 2. The van der Waals surface area contributed by atoms with E-state index in [0.29, 0.717) is 12.1 Å². The molecule has 1 aliphatic carbocycles. The number of fused-ring (bicyclic) bond motifs is 1. The molecule has 3 aromatic rings. The van der Waals surface area contributed by atoms with E-state index < -0.39 is 24.6 Å². The Morgan fingerprint density at radius 3 is 2.40 bits per heavy atom. The molecule has 4 rings (SSSR count). The first-order chi connectivity index (χ1) is 16.8. The number of hydrogen-bond donors (Lipinski definition) is 3. The zero-order valence-corrected chi connectivity index (χ0v) is 19.1. The summed E-state index contributed by atoms with van der Waals surface area (Å²) in [7, 11) is 0. The highest BCUT2D eigenvalue weighted by molar-refractivity contribution is 5.67. The molecule has 184 valence electrons. The van der Waals surface area contributed by atoms with Crippen LogP contribution >= 0.6 is 0 Å². The van der Waals surface area contributed by atoms with E-state index in [9.17, 15) is 23.8 Å². The van der Waals surface area contributed by atoms with Gasteiger partial charge in [-0.05, 0) is 73.7 Å². The number of benzene rings is 2. The van der Waals surface area contributed by atoms with Gasteiger partial charge in [-0.3, -0.25) is 4.79 Å². The number of aliphatic hydroxyl groups excluding tert-OH is 2. The number of hydrogen-bond acceptors (Lipinski definition) is 4. The Morgan fingerprint density at radius 1 is 1.09 bits per heavy atom. The minimum atomic E-state index is -1.16. The van der Waals surface area contributed by atoms with Gasteiger partial charge in [-0.2, -0.15) is 5.10 Å². The van der Waals surface area contributed by atoms with Crippen molar-refractivity contribution < 1.29 is 28.9 Å². The van der Waals surface area contributed by atoms with Crippen LogP contribution in [-0.4, -0.2) is 43.3 Å². The van der Waals surface area contributed by atoms with Crippen LogP contribution in [-0.2, 0) is 17.6 Å². The number of nitrogens with zero attached hydrogens (tertiary/aromatic N) is 2. The highest BCUT2D eigenvalue weighted by Gasteiger charge is 2.28. The van der Waals surface area contributed by atoms with Gasteiger partial charge in [-0.15, -0.1) is 0 Å². The first-order valence-electron chi connectivity index (χ1n) is 11.7. The second-order valence-corrected chi connectivity index (χ2v) is 8.97. The van der Waals surface area contributed by atoms with Gasteiger partial charge in [0.25, 0.3) is 0 Å². The lowest BCUT2D eigenvalue weighted by atomic mass is 9.83. The summed E-state index contributed by atoms with van der Waals surface area (Å²) in [6.45, 7) is 0. The lowest BCUT2D eigenvalue weighted by Gasteiger charge is -2.21. The van der Waals surface area contributed by atoms with Crippen LogP contribution in [0, 0.1) is 11.6 Å².